The summed E-state index contributed by atoms with van der Waals surface area (Å²) in [6.07, 6.45) is 3.72. The van der Waals surface area contributed by atoms with E-state index < -0.39 is 0 Å². The van der Waals surface area contributed by atoms with Crippen LogP contribution in [0.5, 0.6) is 5.75 Å². The molecule has 144 valence electrons. The number of aromatic nitrogens is 2. The van der Waals surface area contributed by atoms with E-state index in [0.717, 1.165) is 11.1 Å². The van der Waals surface area contributed by atoms with Gasteiger partial charge >= 0.3 is 0 Å². The molecule has 0 saturated heterocycles. The van der Waals surface area contributed by atoms with Crippen molar-refractivity contribution in [2.45, 2.75) is 19.6 Å². The summed E-state index contributed by atoms with van der Waals surface area (Å²) >= 11 is 0. The van der Waals surface area contributed by atoms with Crippen molar-refractivity contribution in [2.24, 2.45) is 0 Å². The van der Waals surface area contributed by atoms with Gasteiger partial charge in [-0.3, -0.25) is 9.48 Å². The third-order valence-corrected chi connectivity index (χ3v) is 4.51. The molecule has 0 radical (unpaired) electrons. The number of hydrogen-bond donors (Lipinski definition) is 1. The van der Waals surface area contributed by atoms with E-state index in [2.05, 4.69) is 10.4 Å². The first-order valence-corrected chi connectivity index (χ1v) is 9.05. The van der Waals surface area contributed by atoms with Crippen molar-refractivity contribution in [3.05, 3.63) is 82.9 Å². The monoisotopic (exact) mass is 381 g/mol. The van der Waals surface area contributed by atoms with Gasteiger partial charge in [0, 0.05) is 18.3 Å². The molecule has 1 amide bonds. The van der Waals surface area contributed by atoms with Gasteiger partial charge in [0.05, 0.1) is 24.9 Å². The minimum Gasteiger partial charge on any atom is -0.467 e. The van der Waals surface area contributed by atoms with Gasteiger partial charge in [0.25, 0.3) is 5.91 Å². The fourth-order valence-corrected chi connectivity index (χ4v) is 3.19. The third kappa shape index (κ3) is 4.20. The van der Waals surface area contributed by atoms with Gasteiger partial charge in [-0.15, -0.1) is 0 Å². The van der Waals surface area contributed by atoms with E-state index in [1.165, 1.54) is 12.1 Å². The number of carbonyl (C=O) groups excluding carboxylic acids is 1. The van der Waals surface area contributed by atoms with Crippen molar-refractivity contribution in [2.75, 3.05) is 13.3 Å². The molecule has 1 aliphatic heterocycles. The minimum atomic E-state index is -0.337. The second kappa shape index (κ2) is 8.22. The van der Waals surface area contributed by atoms with Gasteiger partial charge < -0.3 is 14.8 Å². The van der Waals surface area contributed by atoms with Gasteiger partial charge in [-0.25, -0.2) is 4.39 Å². The second-order valence-electron chi connectivity index (χ2n) is 6.58. The summed E-state index contributed by atoms with van der Waals surface area (Å²) in [7, 11) is 0. The number of amides is 1. The fraction of sp³-hybridized carbons (Fsp3) is 0.238. The van der Waals surface area contributed by atoms with Crippen LogP contribution in [0, 0.1) is 5.82 Å². The lowest BCUT2D eigenvalue weighted by molar-refractivity contribution is -0.0172. The summed E-state index contributed by atoms with van der Waals surface area (Å²) in [5.74, 6) is 0.0998. The van der Waals surface area contributed by atoms with E-state index >= 15 is 0 Å². The molecule has 28 heavy (non-hydrogen) atoms. The van der Waals surface area contributed by atoms with Crippen molar-refractivity contribution in [1.29, 1.82) is 0 Å². The Kier molecular flexibility index (Phi) is 5.34. The number of rotatable bonds is 6. The highest BCUT2D eigenvalue weighted by Gasteiger charge is 2.17. The lowest BCUT2D eigenvalue weighted by Crippen LogP contribution is -2.26. The van der Waals surface area contributed by atoms with E-state index in [9.17, 15) is 9.18 Å². The molecule has 4 rings (SSSR count). The Labute approximate surface area is 161 Å². The molecule has 0 unspecified atom stereocenters. The van der Waals surface area contributed by atoms with Crippen LogP contribution in [0.15, 0.2) is 54.9 Å². The number of benzene rings is 2. The van der Waals surface area contributed by atoms with Crippen LogP contribution in [0.3, 0.4) is 0 Å². The molecule has 2 aromatic carbocycles. The number of nitrogens with one attached hydrogen (secondary N) is 1. The van der Waals surface area contributed by atoms with Crippen LogP contribution in [0.25, 0.3) is 0 Å². The zero-order valence-electron chi connectivity index (χ0n) is 15.2. The van der Waals surface area contributed by atoms with Gasteiger partial charge in [-0.2, -0.15) is 5.10 Å². The lowest BCUT2D eigenvalue weighted by Gasteiger charge is -2.20. The van der Waals surface area contributed by atoms with Crippen LogP contribution in [0.4, 0.5) is 4.39 Å². The molecule has 2 heterocycles. The smallest absolute Gasteiger partial charge is 0.254 e. The first kappa shape index (κ1) is 18.2. The largest absolute Gasteiger partial charge is 0.467 e. The standard InChI is InChI=1S/C21H20FN3O3/c22-19-8-16(20-17(9-19)13-27-14-28-20)6-7-23-21(26)18-10-24-25(12-18)11-15-4-2-1-3-5-15/h1-5,8-10,12H,6-7,11,13-14H2,(H,23,26). The maximum absolute atomic E-state index is 13.8. The Morgan fingerprint density at radius 1 is 1.25 bits per heavy atom. The van der Waals surface area contributed by atoms with Gasteiger partial charge in [0.15, 0.2) is 6.79 Å². The van der Waals surface area contributed by atoms with Gasteiger partial charge in [-0.1, -0.05) is 30.3 Å². The Hall–Kier alpha value is -3.19. The van der Waals surface area contributed by atoms with Crippen molar-refractivity contribution < 1.29 is 18.7 Å². The second-order valence-corrected chi connectivity index (χ2v) is 6.58. The van der Waals surface area contributed by atoms with E-state index in [4.69, 9.17) is 9.47 Å². The van der Waals surface area contributed by atoms with E-state index in [1.807, 2.05) is 30.3 Å². The molecule has 7 heteroatoms. The van der Waals surface area contributed by atoms with Gasteiger partial charge in [-0.05, 0) is 29.7 Å². The quantitative estimate of drug-likeness (QED) is 0.713. The average molecular weight is 381 g/mol. The minimum absolute atomic E-state index is 0.151. The normalized spacial score (nSPS) is 12.9. The summed E-state index contributed by atoms with van der Waals surface area (Å²) in [6, 6.07) is 12.8. The number of carbonyl (C=O) groups is 1. The Bertz CT molecular complexity index is 972. The summed E-state index contributed by atoms with van der Waals surface area (Å²) in [5.41, 5.74) is 3.01. The SMILES string of the molecule is O=C(NCCc1cc(F)cc2c1OCOC2)c1cnn(Cc2ccccc2)c1. The Morgan fingerprint density at radius 2 is 2.11 bits per heavy atom. The maximum atomic E-state index is 13.8. The highest BCUT2D eigenvalue weighted by Crippen LogP contribution is 2.29. The molecule has 6 nitrogen and oxygen atoms in total. The summed E-state index contributed by atoms with van der Waals surface area (Å²) in [4.78, 5) is 12.4. The van der Waals surface area contributed by atoms with Crippen LogP contribution in [0.1, 0.15) is 27.0 Å². The highest BCUT2D eigenvalue weighted by atomic mass is 19.1. The van der Waals surface area contributed by atoms with Crippen LogP contribution in [-0.2, 0) is 24.3 Å². The zero-order valence-corrected chi connectivity index (χ0v) is 15.2. The van der Waals surface area contributed by atoms with Crippen molar-refractivity contribution >= 4 is 5.91 Å². The molecule has 0 aliphatic carbocycles. The summed E-state index contributed by atoms with van der Waals surface area (Å²) in [5, 5.41) is 7.09. The van der Waals surface area contributed by atoms with Crippen LogP contribution in [-0.4, -0.2) is 29.0 Å². The maximum Gasteiger partial charge on any atom is 0.254 e. The molecule has 3 aromatic rings. The van der Waals surface area contributed by atoms with Gasteiger partial charge in [0.1, 0.15) is 11.6 Å². The molecule has 0 bridgehead atoms. The molecular formula is C21H20FN3O3. The first-order chi connectivity index (χ1) is 13.7. The predicted molar refractivity (Wildman–Crippen MR) is 100 cm³/mol. The molecule has 1 aromatic heterocycles. The number of halogens is 1. The number of hydrogen-bond acceptors (Lipinski definition) is 4. The van der Waals surface area contributed by atoms with Crippen molar-refractivity contribution in [1.82, 2.24) is 15.1 Å². The molecule has 0 saturated carbocycles. The van der Waals surface area contributed by atoms with Crippen LogP contribution >= 0.6 is 0 Å². The third-order valence-electron chi connectivity index (χ3n) is 4.51. The molecule has 0 spiro atoms. The zero-order chi connectivity index (χ0) is 19.3. The lowest BCUT2D eigenvalue weighted by atomic mass is 10.1. The Morgan fingerprint density at radius 3 is 2.96 bits per heavy atom. The highest BCUT2D eigenvalue weighted by molar-refractivity contribution is 5.93. The van der Waals surface area contributed by atoms with Crippen LogP contribution in [0.2, 0.25) is 0 Å². The van der Waals surface area contributed by atoms with E-state index in [-0.39, 0.29) is 18.5 Å². The number of nitrogens with zero attached hydrogens (tertiary/aromatic N) is 2. The number of ether oxygens (including phenoxy) is 2. The molecular weight excluding hydrogens is 361 g/mol. The topological polar surface area (TPSA) is 65.4 Å². The molecule has 0 fully saturated rings. The van der Waals surface area contributed by atoms with Crippen LogP contribution < -0.4 is 10.1 Å². The van der Waals surface area contributed by atoms with E-state index in [0.29, 0.717) is 43.0 Å². The first-order valence-electron chi connectivity index (χ1n) is 9.05. The predicted octanol–water partition coefficient (Wildman–Crippen LogP) is 2.91. The molecule has 1 aliphatic rings. The van der Waals surface area contributed by atoms with Gasteiger partial charge in [0.2, 0.25) is 0 Å². The fourth-order valence-electron chi connectivity index (χ4n) is 3.19. The summed E-state index contributed by atoms with van der Waals surface area (Å²) in [6.45, 7) is 1.44. The molecule has 1 N–H and O–H groups in total. The van der Waals surface area contributed by atoms with Crippen molar-refractivity contribution in [3.8, 4) is 5.75 Å². The Balaban J connectivity index is 1.35. The number of fused-ring (bicyclic) bond motifs is 1. The molecule has 0 atom stereocenters. The summed E-state index contributed by atoms with van der Waals surface area (Å²) < 4.78 is 26.2. The average Bonchev–Trinajstić information content (AvgIpc) is 3.17. The van der Waals surface area contributed by atoms with E-state index in [1.54, 1.807) is 17.1 Å². The van der Waals surface area contributed by atoms with Crippen molar-refractivity contribution in [3.63, 3.8) is 0 Å².